The summed E-state index contributed by atoms with van der Waals surface area (Å²) < 4.78 is 32.0. The summed E-state index contributed by atoms with van der Waals surface area (Å²) in [5.74, 6) is -1.02. The minimum Gasteiger partial charge on any atom is -0.486 e. The SMILES string of the molecule is Nc1ccc(OCc2cc(Cl)ccc2F)c(F)c1. The van der Waals surface area contributed by atoms with Crippen LogP contribution in [0, 0.1) is 11.6 Å². The molecule has 0 fully saturated rings. The molecule has 0 radical (unpaired) electrons. The zero-order valence-corrected chi connectivity index (χ0v) is 10.0. The van der Waals surface area contributed by atoms with Gasteiger partial charge in [0.05, 0.1) is 0 Å². The molecule has 5 heteroatoms. The van der Waals surface area contributed by atoms with Crippen LogP contribution >= 0.6 is 11.6 Å². The van der Waals surface area contributed by atoms with Gasteiger partial charge in [-0.2, -0.15) is 0 Å². The van der Waals surface area contributed by atoms with Gasteiger partial charge in [-0.15, -0.1) is 0 Å². The zero-order valence-electron chi connectivity index (χ0n) is 9.29. The smallest absolute Gasteiger partial charge is 0.167 e. The topological polar surface area (TPSA) is 35.2 Å². The predicted octanol–water partition coefficient (Wildman–Crippen LogP) is 3.78. The third-order valence-electron chi connectivity index (χ3n) is 2.35. The van der Waals surface area contributed by atoms with E-state index in [4.69, 9.17) is 22.1 Å². The van der Waals surface area contributed by atoms with Gasteiger partial charge < -0.3 is 10.5 Å². The molecule has 18 heavy (non-hydrogen) atoms. The Bertz CT molecular complexity index is 575. The number of benzene rings is 2. The van der Waals surface area contributed by atoms with Crippen molar-refractivity contribution >= 4 is 17.3 Å². The van der Waals surface area contributed by atoms with E-state index >= 15 is 0 Å². The van der Waals surface area contributed by atoms with Crippen molar-refractivity contribution < 1.29 is 13.5 Å². The van der Waals surface area contributed by atoms with Gasteiger partial charge in [-0.05, 0) is 30.3 Å². The van der Waals surface area contributed by atoms with E-state index in [1.54, 1.807) is 0 Å². The van der Waals surface area contributed by atoms with E-state index in [0.29, 0.717) is 10.7 Å². The molecule has 0 heterocycles. The van der Waals surface area contributed by atoms with E-state index < -0.39 is 11.6 Å². The van der Waals surface area contributed by atoms with Crippen molar-refractivity contribution in [2.24, 2.45) is 0 Å². The summed E-state index contributed by atoms with van der Waals surface area (Å²) in [5.41, 5.74) is 5.97. The average Bonchev–Trinajstić information content (AvgIpc) is 2.32. The minimum atomic E-state index is -0.586. The first-order chi connectivity index (χ1) is 8.56. The summed E-state index contributed by atoms with van der Waals surface area (Å²) in [5, 5.41) is 0.396. The second kappa shape index (κ2) is 5.23. The Morgan fingerprint density at radius 3 is 2.56 bits per heavy atom. The van der Waals surface area contributed by atoms with Gasteiger partial charge >= 0.3 is 0 Å². The van der Waals surface area contributed by atoms with Gasteiger partial charge in [-0.1, -0.05) is 11.6 Å². The van der Waals surface area contributed by atoms with Gasteiger partial charge in [-0.3, -0.25) is 0 Å². The summed E-state index contributed by atoms with van der Waals surface area (Å²) in [6.07, 6.45) is 0. The van der Waals surface area contributed by atoms with Crippen molar-refractivity contribution in [2.75, 3.05) is 5.73 Å². The molecule has 0 spiro atoms. The van der Waals surface area contributed by atoms with Crippen LogP contribution in [0.15, 0.2) is 36.4 Å². The molecule has 0 bridgehead atoms. The molecule has 0 atom stereocenters. The Balaban J connectivity index is 2.13. The van der Waals surface area contributed by atoms with Crippen LogP contribution in [-0.2, 0) is 6.61 Å². The van der Waals surface area contributed by atoms with Crippen molar-refractivity contribution in [1.82, 2.24) is 0 Å². The highest BCUT2D eigenvalue weighted by atomic mass is 35.5. The van der Waals surface area contributed by atoms with Crippen LogP contribution in [0.5, 0.6) is 5.75 Å². The molecule has 94 valence electrons. The fraction of sp³-hybridized carbons (Fsp3) is 0.0769. The standard InChI is InChI=1S/C13H10ClF2NO/c14-9-1-3-11(15)8(5-9)7-18-13-4-2-10(17)6-12(13)16/h1-6H,7,17H2. The molecule has 2 aromatic rings. The number of halogens is 3. The molecular weight excluding hydrogens is 260 g/mol. The Labute approximate surface area is 108 Å². The van der Waals surface area contributed by atoms with E-state index in [1.165, 1.54) is 30.3 Å². The Morgan fingerprint density at radius 2 is 1.83 bits per heavy atom. The van der Waals surface area contributed by atoms with Crippen LogP contribution in [0.1, 0.15) is 5.56 Å². The summed E-state index contributed by atoms with van der Waals surface area (Å²) in [6, 6.07) is 8.15. The van der Waals surface area contributed by atoms with Crippen LogP contribution in [0.2, 0.25) is 5.02 Å². The fourth-order valence-electron chi connectivity index (χ4n) is 1.44. The number of hydrogen-bond donors (Lipinski definition) is 1. The maximum atomic E-state index is 13.4. The normalized spacial score (nSPS) is 10.4. The minimum absolute atomic E-state index is 0.0172. The van der Waals surface area contributed by atoms with Crippen molar-refractivity contribution in [3.05, 3.63) is 58.6 Å². The molecule has 0 aliphatic heterocycles. The lowest BCUT2D eigenvalue weighted by atomic mass is 10.2. The fourth-order valence-corrected chi connectivity index (χ4v) is 1.64. The van der Waals surface area contributed by atoms with Gasteiger partial charge in [0.2, 0.25) is 0 Å². The molecule has 0 unspecified atom stereocenters. The number of rotatable bonds is 3. The van der Waals surface area contributed by atoms with E-state index in [1.807, 2.05) is 0 Å². The Morgan fingerprint density at radius 1 is 1.06 bits per heavy atom. The van der Waals surface area contributed by atoms with Gasteiger partial charge in [0.15, 0.2) is 11.6 Å². The number of nitrogens with two attached hydrogens (primary N) is 1. The lowest BCUT2D eigenvalue weighted by Crippen LogP contribution is -2.00. The van der Waals surface area contributed by atoms with Crippen molar-refractivity contribution in [1.29, 1.82) is 0 Å². The van der Waals surface area contributed by atoms with Gasteiger partial charge in [-0.25, -0.2) is 8.78 Å². The summed E-state index contributed by atoms with van der Waals surface area (Å²) in [7, 11) is 0. The number of nitrogen functional groups attached to an aromatic ring is 1. The maximum Gasteiger partial charge on any atom is 0.167 e. The largest absolute Gasteiger partial charge is 0.486 e. The van der Waals surface area contributed by atoms with Crippen LogP contribution in [0.4, 0.5) is 14.5 Å². The monoisotopic (exact) mass is 269 g/mol. The molecule has 2 nitrogen and oxygen atoms in total. The number of anilines is 1. The molecule has 0 aliphatic carbocycles. The summed E-state index contributed by atoms with van der Waals surface area (Å²) in [4.78, 5) is 0. The first-order valence-electron chi connectivity index (χ1n) is 5.18. The number of hydrogen-bond acceptors (Lipinski definition) is 2. The van der Waals surface area contributed by atoms with Crippen LogP contribution in [-0.4, -0.2) is 0 Å². The summed E-state index contributed by atoms with van der Waals surface area (Å²) in [6.45, 7) is -0.104. The average molecular weight is 270 g/mol. The second-order valence-electron chi connectivity index (χ2n) is 3.71. The van der Waals surface area contributed by atoms with Crippen LogP contribution in [0.25, 0.3) is 0 Å². The Kier molecular flexibility index (Phi) is 3.67. The first kappa shape index (κ1) is 12.6. The maximum absolute atomic E-state index is 13.4. The van der Waals surface area contributed by atoms with E-state index in [-0.39, 0.29) is 17.9 Å². The molecular formula is C13H10ClF2NO. The highest BCUT2D eigenvalue weighted by molar-refractivity contribution is 6.30. The molecule has 0 amide bonds. The molecule has 2 N–H and O–H groups in total. The third-order valence-corrected chi connectivity index (χ3v) is 2.58. The highest BCUT2D eigenvalue weighted by Crippen LogP contribution is 2.22. The Hall–Kier alpha value is -1.81. The second-order valence-corrected chi connectivity index (χ2v) is 4.15. The molecule has 0 saturated heterocycles. The van der Waals surface area contributed by atoms with Crippen molar-refractivity contribution in [2.45, 2.75) is 6.61 Å². The molecule has 2 rings (SSSR count). The van der Waals surface area contributed by atoms with Gasteiger partial charge in [0.1, 0.15) is 12.4 Å². The highest BCUT2D eigenvalue weighted by Gasteiger charge is 2.07. The lowest BCUT2D eigenvalue weighted by molar-refractivity contribution is 0.285. The van der Waals surface area contributed by atoms with Gasteiger partial charge in [0.25, 0.3) is 0 Å². The molecule has 2 aromatic carbocycles. The van der Waals surface area contributed by atoms with E-state index in [9.17, 15) is 8.78 Å². The zero-order chi connectivity index (χ0) is 13.1. The first-order valence-corrected chi connectivity index (χ1v) is 5.56. The quantitative estimate of drug-likeness (QED) is 0.861. The predicted molar refractivity (Wildman–Crippen MR) is 66.6 cm³/mol. The van der Waals surface area contributed by atoms with Crippen LogP contribution in [0.3, 0.4) is 0 Å². The summed E-state index contributed by atoms with van der Waals surface area (Å²) >= 11 is 5.74. The third kappa shape index (κ3) is 2.90. The van der Waals surface area contributed by atoms with E-state index in [0.717, 1.165) is 6.07 Å². The van der Waals surface area contributed by atoms with Crippen LogP contribution < -0.4 is 10.5 Å². The lowest BCUT2D eigenvalue weighted by Gasteiger charge is -2.08. The van der Waals surface area contributed by atoms with E-state index in [2.05, 4.69) is 0 Å². The molecule has 0 saturated carbocycles. The number of ether oxygens (including phenoxy) is 1. The molecule has 0 aromatic heterocycles. The van der Waals surface area contributed by atoms with Crippen molar-refractivity contribution in [3.63, 3.8) is 0 Å². The van der Waals surface area contributed by atoms with Gasteiger partial charge in [0, 0.05) is 22.3 Å². The molecule has 0 aliphatic rings. The van der Waals surface area contributed by atoms with Crippen molar-refractivity contribution in [3.8, 4) is 5.75 Å².